The number of aliphatic hydroxyl groups is 1. The van der Waals surface area contributed by atoms with Crippen molar-refractivity contribution in [1.29, 1.82) is 0 Å². The molecule has 0 saturated heterocycles. The average molecular weight is 371 g/mol. The van der Waals surface area contributed by atoms with Crippen LogP contribution in [0.3, 0.4) is 0 Å². The van der Waals surface area contributed by atoms with E-state index in [1.807, 2.05) is 0 Å². The van der Waals surface area contributed by atoms with Gasteiger partial charge in [-0.1, -0.05) is 30.7 Å². The molecule has 6 heteroatoms. The van der Waals surface area contributed by atoms with Gasteiger partial charge in [0.15, 0.2) is 0 Å². The van der Waals surface area contributed by atoms with E-state index >= 15 is 0 Å². The fraction of sp³-hybridized carbons (Fsp3) is 0.556. The van der Waals surface area contributed by atoms with Crippen molar-refractivity contribution in [2.45, 2.75) is 19.3 Å². The van der Waals surface area contributed by atoms with Crippen LogP contribution >= 0.6 is 34.1 Å². The summed E-state index contributed by atoms with van der Waals surface area (Å²) in [4.78, 5) is 0. The fourth-order valence-corrected chi connectivity index (χ4v) is 1.16. The SMILES string of the molecule is OCCCCC1C=CC=C1.[Cl][Zr]([Cl])([Cl])[Cl]. The molecule has 88 valence electrons. The van der Waals surface area contributed by atoms with Crippen LogP contribution in [0.15, 0.2) is 24.3 Å². The molecule has 0 aromatic carbocycles. The van der Waals surface area contributed by atoms with Crippen LogP contribution in [0.1, 0.15) is 19.3 Å². The Labute approximate surface area is 110 Å². The van der Waals surface area contributed by atoms with Crippen molar-refractivity contribution >= 4 is 34.1 Å². The van der Waals surface area contributed by atoms with E-state index in [4.69, 9.17) is 39.2 Å². The molecule has 1 N–H and O–H groups in total. The first kappa shape index (κ1) is 16.5. The van der Waals surface area contributed by atoms with Crippen molar-refractivity contribution in [3.63, 3.8) is 0 Å². The normalized spacial score (nSPS) is 15.3. The summed E-state index contributed by atoms with van der Waals surface area (Å²) in [5, 5.41) is 8.50. The molecule has 0 aromatic heterocycles. The first-order valence-electron chi connectivity index (χ1n) is 4.65. The Kier molecular flexibility index (Phi) is 10.4. The Hall–Kier alpha value is 1.48. The van der Waals surface area contributed by atoms with Crippen LogP contribution in [-0.2, 0) is 15.5 Å². The molecule has 0 amide bonds. The summed E-state index contributed by atoms with van der Waals surface area (Å²) in [6, 6.07) is 0. The van der Waals surface area contributed by atoms with Gasteiger partial charge in [0.2, 0.25) is 0 Å². The van der Waals surface area contributed by atoms with E-state index in [2.05, 4.69) is 24.3 Å². The molecule has 0 unspecified atom stereocenters. The zero-order valence-corrected chi connectivity index (χ0v) is 13.7. The molecule has 0 aromatic rings. The van der Waals surface area contributed by atoms with E-state index in [1.165, 1.54) is 6.42 Å². The van der Waals surface area contributed by atoms with Crippen LogP contribution < -0.4 is 0 Å². The van der Waals surface area contributed by atoms with Crippen LogP contribution in [0.25, 0.3) is 0 Å². The summed E-state index contributed by atoms with van der Waals surface area (Å²) in [5.74, 6) is 0.645. The Morgan fingerprint density at radius 1 is 1.00 bits per heavy atom. The number of rotatable bonds is 4. The van der Waals surface area contributed by atoms with Crippen molar-refractivity contribution in [3.8, 4) is 0 Å². The van der Waals surface area contributed by atoms with Gasteiger partial charge in [0.1, 0.15) is 0 Å². The van der Waals surface area contributed by atoms with E-state index in [1.54, 1.807) is 0 Å². The van der Waals surface area contributed by atoms with E-state index < -0.39 is 15.5 Å². The minimum atomic E-state index is -3.29. The fourth-order valence-electron chi connectivity index (χ4n) is 1.16. The number of halogens is 4. The second-order valence-corrected chi connectivity index (χ2v) is 25.5. The van der Waals surface area contributed by atoms with Gasteiger partial charge in [-0.05, 0) is 18.8 Å². The Morgan fingerprint density at radius 3 is 1.87 bits per heavy atom. The monoisotopic (exact) mass is 368 g/mol. The van der Waals surface area contributed by atoms with Crippen LogP contribution in [0.5, 0.6) is 0 Å². The van der Waals surface area contributed by atoms with E-state index in [-0.39, 0.29) is 0 Å². The predicted octanol–water partition coefficient (Wildman–Crippen LogP) is 4.65. The van der Waals surface area contributed by atoms with Crippen molar-refractivity contribution < 1.29 is 20.6 Å². The van der Waals surface area contributed by atoms with E-state index in [0.717, 1.165) is 12.8 Å². The first-order chi connectivity index (χ1) is 6.93. The molecular formula is C9H14Cl4OZr. The summed E-state index contributed by atoms with van der Waals surface area (Å²) in [6.07, 6.45) is 11.9. The molecule has 0 atom stereocenters. The van der Waals surface area contributed by atoms with Gasteiger partial charge in [-0.15, -0.1) is 0 Å². The molecule has 0 heterocycles. The zero-order valence-electron chi connectivity index (χ0n) is 8.17. The van der Waals surface area contributed by atoms with Crippen LogP contribution in [0.2, 0.25) is 0 Å². The summed E-state index contributed by atoms with van der Waals surface area (Å²) in [5.41, 5.74) is 0. The molecule has 1 aliphatic carbocycles. The molecule has 1 nitrogen and oxygen atoms in total. The van der Waals surface area contributed by atoms with Crippen molar-refractivity contribution in [2.24, 2.45) is 5.92 Å². The molecule has 0 aliphatic heterocycles. The third-order valence-corrected chi connectivity index (χ3v) is 1.77. The summed E-state index contributed by atoms with van der Waals surface area (Å²) in [6.45, 7) is 0.333. The Balaban J connectivity index is 0.000000336. The third-order valence-electron chi connectivity index (χ3n) is 1.77. The molecule has 0 fully saturated rings. The number of hydrogen-bond donors (Lipinski definition) is 1. The number of aliphatic hydroxyl groups excluding tert-OH is 1. The zero-order chi connectivity index (χ0) is 11.7. The molecule has 1 aliphatic rings. The van der Waals surface area contributed by atoms with Gasteiger partial charge in [-0.25, -0.2) is 0 Å². The second-order valence-electron chi connectivity index (χ2n) is 3.08. The minimum absolute atomic E-state index is 0.333. The maximum atomic E-state index is 8.50. The average Bonchev–Trinajstić information content (AvgIpc) is 2.54. The van der Waals surface area contributed by atoms with E-state index in [0.29, 0.717) is 12.5 Å². The van der Waals surface area contributed by atoms with Gasteiger partial charge in [0, 0.05) is 6.61 Å². The van der Waals surface area contributed by atoms with Crippen molar-refractivity contribution in [2.75, 3.05) is 6.61 Å². The van der Waals surface area contributed by atoms with Crippen molar-refractivity contribution in [1.82, 2.24) is 0 Å². The van der Waals surface area contributed by atoms with Gasteiger partial charge >= 0.3 is 49.5 Å². The van der Waals surface area contributed by atoms with Crippen LogP contribution in [0.4, 0.5) is 0 Å². The quantitative estimate of drug-likeness (QED) is 0.714. The van der Waals surface area contributed by atoms with Gasteiger partial charge in [-0.3, -0.25) is 0 Å². The van der Waals surface area contributed by atoms with E-state index in [9.17, 15) is 0 Å². The number of allylic oxidation sites excluding steroid dienone is 4. The Morgan fingerprint density at radius 2 is 1.47 bits per heavy atom. The summed E-state index contributed by atoms with van der Waals surface area (Å²) in [7, 11) is 20.1. The van der Waals surface area contributed by atoms with Crippen molar-refractivity contribution in [3.05, 3.63) is 24.3 Å². The van der Waals surface area contributed by atoms with Gasteiger partial charge in [0.05, 0.1) is 0 Å². The number of hydrogen-bond acceptors (Lipinski definition) is 1. The molecule has 15 heavy (non-hydrogen) atoms. The van der Waals surface area contributed by atoms with Gasteiger partial charge in [0.25, 0.3) is 0 Å². The summed E-state index contributed by atoms with van der Waals surface area (Å²) < 4.78 is 0. The molecule has 0 radical (unpaired) electrons. The molecule has 0 bridgehead atoms. The van der Waals surface area contributed by atoms with Gasteiger partial charge < -0.3 is 5.11 Å². The van der Waals surface area contributed by atoms with Crippen LogP contribution in [-0.4, -0.2) is 11.7 Å². The molecule has 0 saturated carbocycles. The topological polar surface area (TPSA) is 20.2 Å². The molecule has 0 spiro atoms. The first-order valence-corrected chi connectivity index (χ1v) is 17.3. The van der Waals surface area contributed by atoms with Crippen LogP contribution in [0, 0.1) is 5.92 Å². The van der Waals surface area contributed by atoms with Gasteiger partial charge in [-0.2, -0.15) is 0 Å². The predicted molar refractivity (Wildman–Crippen MR) is 66.1 cm³/mol. The molecule has 1 rings (SSSR count). The summed E-state index contributed by atoms with van der Waals surface area (Å²) >= 11 is -3.29. The maximum absolute atomic E-state index is 8.50. The Bertz CT molecular complexity index is 195. The third kappa shape index (κ3) is 15.5. The molecular weight excluding hydrogens is 357 g/mol. The standard InChI is InChI=1S/C9H14O.4ClH.Zr/c10-8-4-3-7-9-5-1-2-6-9;;;;;/h1-2,5-6,9-10H,3-4,7-8H2;4*1H;/q;;;;;+4/p-4. The number of unbranched alkanes of at least 4 members (excludes halogenated alkanes) is 1. The second kappa shape index (κ2) is 9.51.